The molecule has 10 bridgehead atoms. The molecule has 448 valence electrons. The molecule has 7 saturated carbocycles. The summed E-state index contributed by atoms with van der Waals surface area (Å²) in [6.45, 7) is -0.487. The lowest BCUT2D eigenvalue weighted by Gasteiger charge is -2.72. The standard InChI is InChI=1S/C68H82N2O12S2/c71-20-5-11-52-67-49(23-40(24-51(67)75)22-38-7-3-8-39(21-38)31-72)55(76)44-9-4-10-50(54(44)57(67)77)81-66-17-12-47-45-26-41-25-42-29-61(33-60(28-43(61)32-73)18-19-63(34-60)16-6-15-62(63)13-1-2-14-62)35-64(42,48-27-53(69-30-46(41)48)70-37-83-84-52)56(45)68(80,59(66)79)58(78)65(47,36-74)82-66/h3-4,7-10,21,23-24,27,32,41-43,45,47,49,52,56,58-59,69-72,74-75,78-80H,1-2,5-6,11-20,22,25-26,28-31,33-37H2/t41-,42+,43+,45+,47-,49+,52-,56+,58+,59-,60-,61-,63-,64-,65-,66+,67-,68-/m0/s1. The summed E-state index contributed by atoms with van der Waals surface area (Å²) < 4.78 is 14.4. The van der Waals surface area contributed by atoms with Crippen LogP contribution in [0.15, 0.2) is 89.0 Å². The lowest BCUT2D eigenvalue weighted by molar-refractivity contribution is -0.461. The average molecular weight is 1180 g/mol. The number of nitrogens with one attached hydrogen (secondary N) is 2. The first kappa shape index (κ1) is 55.3. The van der Waals surface area contributed by atoms with Crippen molar-refractivity contribution in [3.05, 3.63) is 111 Å². The third-order valence-corrected chi connectivity index (χ3v) is 29.2. The van der Waals surface area contributed by atoms with Gasteiger partial charge in [0.2, 0.25) is 5.79 Å². The Bertz CT molecular complexity index is 3280. The van der Waals surface area contributed by atoms with E-state index in [-0.39, 0.29) is 89.6 Å². The zero-order valence-corrected chi connectivity index (χ0v) is 49.6. The van der Waals surface area contributed by atoms with Crippen LogP contribution in [0.3, 0.4) is 0 Å². The molecule has 2 saturated heterocycles. The third-order valence-electron chi connectivity index (χ3n) is 26.5. The summed E-state index contributed by atoms with van der Waals surface area (Å²) in [5, 5.41) is 94.0. The number of fused-ring (bicyclic) bond motifs is 1. The van der Waals surface area contributed by atoms with Crippen molar-refractivity contribution in [2.45, 2.75) is 176 Å². The van der Waals surface area contributed by atoms with E-state index >= 15 is 9.59 Å². The van der Waals surface area contributed by atoms with Gasteiger partial charge in [0.25, 0.3) is 0 Å². The summed E-state index contributed by atoms with van der Waals surface area (Å²) in [5.41, 5.74) is -1.89. The van der Waals surface area contributed by atoms with E-state index in [1.807, 2.05) is 24.3 Å². The Kier molecular flexibility index (Phi) is 12.5. The van der Waals surface area contributed by atoms with Gasteiger partial charge < -0.3 is 60.6 Å². The second kappa shape index (κ2) is 19.0. The first-order valence-corrected chi connectivity index (χ1v) is 34.3. The van der Waals surface area contributed by atoms with E-state index in [4.69, 9.17) is 9.47 Å². The average Bonchev–Trinajstić information content (AvgIpc) is 1.35. The molecule has 16 heteroatoms. The van der Waals surface area contributed by atoms with Crippen LogP contribution in [0.5, 0.6) is 5.75 Å². The second-order valence-corrected chi connectivity index (χ2v) is 32.1. The van der Waals surface area contributed by atoms with E-state index in [1.54, 1.807) is 30.4 Å². The predicted octanol–water partition coefficient (Wildman–Crippen LogP) is 8.87. The van der Waals surface area contributed by atoms with Crippen LogP contribution in [0.1, 0.15) is 160 Å². The molecule has 2 aromatic rings. The van der Waals surface area contributed by atoms with Crippen molar-refractivity contribution in [2.75, 3.05) is 25.6 Å². The van der Waals surface area contributed by atoms with Crippen molar-refractivity contribution in [1.29, 1.82) is 0 Å². The minimum absolute atomic E-state index is 0.00368. The van der Waals surface area contributed by atoms with E-state index in [2.05, 4.69) is 16.7 Å². The van der Waals surface area contributed by atoms with Crippen molar-refractivity contribution >= 4 is 39.4 Å². The third kappa shape index (κ3) is 7.01. The zero-order valence-electron chi connectivity index (χ0n) is 48.0. The number of ketones is 2. The summed E-state index contributed by atoms with van der Waals surface area (Å²) in [5.74, 6) is -5.21. The molecule has 4 aliphatic heterocycles. The summed E-state index contributed by atoms with van der Waals surface area (Å²) in [6, 6.07) is 12.2. The van der Waals surface area contributed by atoms with Gasteiger partial charge in [0.1, 0.15) is 40.5 Å². The number of aliphatic hydroxyl groups excluding tert-OH is 6. The Hall–Kier alpha value is -3.97. The molecule has 2 aromatic carbocycles. The van der Waals surface area contributed by atoms with Crippen LogP contribution in [-0.4, -0.2) is 114 Å². The van der Waals surface area contributed by atoms with E-state index in [1.165, 1.54) is 91.2 Å². The zero-order chi connectivity index (χ0) is 57.6. The number of hydrogen-bond donors (Lipinski definition) is 9. The Labute approximate surface area is 499 Å². The van der Waals surface area contributed by atoms with Crippen molar-refractivity contribution < 1.29 is 59.6 Å². The van der Waals surface area contributed by atoms with Crippen molar-refractivity contribution in [3.8, 4) is 5.75 Å². The van der Waals surface area contributed by atoms with E-state index < -0.39 is 81.2 Å². The van der Waals surface area contributed by atoms with Gasteiger partial charge in [-0.25, -0.2) is 0 Å². The highest BCUT2D eigenvalue weighted by Crippen LogP contribution is 2.82. The van der Waals surface area contributed by atoms with Crippen LogP contribution in [0.2, 0.25) is 0 Å². The van der Waals surface area contributed by atoms with Crippen LogP contribution >= 0.6 is 21.6 Å². The normalized spacial score (nSPS) is 46.0. The summed E-state index contributed by atoms with van der Waals surface area (Å²) >= 11 is 0. The molecule has 7 spiro atoms. The van der Waals surface area contributed by atoms with Gasteiger partial charge in [-0.15, -0.1) is 0 Å². The Balaban J connectivity index is 0.854. The molecule has 0 unspecified atom stereocenters. The van der Waals surface area contributed by atoms with Gasteiger partial charge in [0.15, 0.2) is 17.7 Å². The Morgan fingerprint density at radius 2 is 1.65 bits per heavy atom. The van der Waals surface area contributed by atoms with Gasteiger partial charge in [-0.3, -0.25) is 9.59 Å². The molecule has 17 rings (SSSR count). The first-order chi connectivity index (χ1) is 40.6. The largest absolute Gasteiger partial charge is 0.511 e. The summed E-state index contributed by atoms with van der Waals surface area (Å²) in [4.78, 5) is 46.3. The number of carbonyl (C=O) groups is 3. The highest BCUT2D eigenvalue weighted by atomic mass is 33.1. The molecule has 9 fully saturated rings. The van der Waals surface area contributed by atoms with Gasteiger partial charge >= 0.3 is 0 Å². The van der Waals surface area contributed by atoms with Crippen LogP contribution in [-0.2, 0) is 22.6 Å². The van der Waals surface area contributed by atoms with Crippen molar-refractivity contribution in [2.24, 2.45) is 73.9 Å². The first-order valence-electron chi connectivity index (χ1n) is 32.0. The van der Waals surface area contributed by atoms with Gasteiger partial charge in [-0.05, 0) is 201 Å². The maximum Gasteiger partial charge on any atom is 0.240 e. The van der Waals surface area contributed by atoms with Gasteiger partial charge in [-0.1, -0.05) is 83.3 Å². The van der Waals surface area contributed by atoms with Crippen molar-refractivity contribution in [1.82, 2.24) is 10.6 Å². The summed E-state index contributed by atoms with van der Waals surface area (Å²) in [6.07, 6.45) is 22.0. The maximum atomic E-state index is 16.4. The number of dihydropyridines is 1. The monoisotopic (exact) mass is 1180 g/mol. The van der Waals surface area contributed by atoms with Crippen LogP contribution < -0.4 is 15.4 Å². The molecule has 0 radical (unpaired) electrons. The number of ether oxygens (including phenoxy) is 2. The lowest BCUT2D eigenvalue weighted by Crippen LogP contribution is -2.88. The second-order valence-electron chi connectivity index (χ2n) is 29.6. The van der Waals surface area contributed by atoms with Crippen LogP contribution in [0.25, 0.3) is 0 Å². The fraction of sp³-hybridized carbons (Fsp3) is 0.662. The molecule has 4 heterocycles. The Morgan fingerprint density at radius 3 is 2.46 bits per heavy atom. The number of rotatable bonds is 8. The van der Waals surface area contributed by atoms with Gasteiger partial charge in [0, 0.05) is 47.6 Å². The number of benzene rings is 2. The molecular formula is C68H82N2O12S2. The van der Waals surface area contributed by atoms with Crippen LogP contribution in [0, 0.1) is 73.9 Å². The number of hydrogen-bond acceptors (Lipinski definition) is 16. The van der Waals surface area contributed by atoms with Crippen molar-refractivity contribution in [3.63, 3.8) is 0 Å². The molecular weight excluding hydrogens is 1100 g/mol. The smallest absolute Gasteiger partial charge is 0.240 e. The number of carbonyl (C=O) groups excluding carboxylic acids is 3. The van der Waals surface area contributed by atoms with Gasteiger partial charge in [-0.2, -0.15) is 0 Å². The predicted molar refractivity (Wildman–Crippen MR) is 316 cm³/mol. The number of aldehydes is 1. The number of Topliss-reactive ketones (excluding diaryl/α,β-unsaturated/α-hetero) is 2. The fourth-order valence-corrected chi connectivity index (χ4v) is 26.7. The SMILES string of the molecule is O=C[C@H]1C[C@@]2(CC[C@@]3(CCCC34CCCC4)C2)C[C@]12C[C@H]1C[C@H]3C[C@H]4[C@@H]5[C@]1(C2)C1=C3CNC(=C1)NCSS[C@@H](CCCO)[C@]12C(=O)c3c(cccc3C(=O)[C@H]1C=C(Cc1cccc(CO)c1)C=C2O)O[C@]12CC[C@@H]4[C@](CO)(O1)[C@@H](O)[C@]5(O)[C@H]2O. The van der Waals surface area contributed by atoms with Crippen LogP contribution in [0.4, 0.5) is 0 Å². The molecule has 84 heavy (non-hydrogen) atoms. The lowest BCUT2D eigenvalue weighted by atomic mass is 9.42. The minimum atomic E-state index is -2.35. The van der Waals surface area contributed by atoms with E-state index in [0.29, 0.717) is 60.1 Å². The molecule has 18 atom stereocenters. The molecule has 15 aliphatic rings. The fourth-order valence-electron chi connectivity index (χ4n) is 23.8. The number of allylic oxidation sites excluding steroid dienone is 6. The molecule has 0 amide bonds. The molecule has 14 nitrogen and oxygen atoms in total. The highest BCUT2D eigenvalue weighted by Gasteiger charge is 2.85. The Morgan fingerprint density at radius 1 is 0.845 bits per heavy atom. The number of aliphatic hydroxyl groups is 7. The summed E-state index contributed by atoms with van der Waals surface area (Å²) in [7, 11) is 2.87. The van der Waals surface area contributed by atoms with Gasteiger partial charge in [0.05, 0.1) is 36.4 Å². The quantitative estimate of drug-likeness (QED) is 0.0887. The molecule has 9 N–H and O–H groups in total. The minimum Gasteiger partial charge on any atom is -0.511 e. The van der Waals surface area contributed by atoms with E-state index in [0.717, 1.165) is 49.1 Å². The highest BCUT2D eigenvalue weighted by molar-refractivity contribution is 8.76. The molecule has 0 aromatic heterocycles. The van der Waals surface area contributed by atoms with E-state index in [9.17, 15) is 40.5 Å². The molecule has 11 aliphatic carbocycles. The topological polar surface area (TPSA) is 235 Å². The maximum absolute atomic E-state index is 16.4.